The molecule has 1 aromatic heterocycles. The Morgan fingerprint density at radius 2 is 1.55 bits per heavy atom. The van der Waals surface area contributed by atoms with Crippen molar-refractivity contribution in [2.24, 2.45) is 7.05 Å². The molecular formula is C24H21NO4. The molecule has 0 bridgehead atoms. The molecule has 5 nitrogen and oxygen atoms in total. The van der Waals surface area contributed by atoms with Gasteiger partial charge in [-0.05, 0) is 32.0 Å². The zero-order chi connectivity index (χ0) is 20.5. The number of aromatic nitrogens is 1. The first kappa shape index (κ1) is 18.7. The lowest BCUT2D eigenvalue weighted by Gasteiger charge is -2.11. The van der Waals surface area contributed by atoms with E-state index in [4.69, 9.17) is 9.47 Å². The van der Waals surface area contributed by atoms with E-state index >= 15 is 0 Å². The number of benzene rings is 3. The van der Waals surface area contributed by atoms with Crippen molar-refractivity contribution in [1.82, 2.24) is 4.57 Å². The van der Waals surface area contributed by atoms with Gasteiger partial charge in [0, 0.05) is 28.9 Å². The summed E-state index contributed by atoms with van der Waals surface area (Å²) in [5, 5.41) is 2.42. The summed E-state index contributed by atoms with van der Waals surface area (Å²) in [6, 6.07) is 18.3. The van der Waals surface area contributed by atoms with E-state index in [0.29, 0.717) is 22.3 Å². The van der Waals surface area contributed by atoms with E-state index < -0.39 is 5.97 Å². The number of ether oxygens (including phenoxy) is 2. The third-order valence-corrected chi connectivity index (χ3v) is 5.14. The Morgan fingerprint density at radius 3 is 2.24 bits per heavy atom. The minimum Gasteiger partial charge on any atom is -0.462 e. The molecule has 0 N–H and O–H groups in total. The van der Waals surface area contributed by atoms with Crippen LogP contribution in [-0.4, -0.2) is 23.1 Å². The Kier molecular flexibility index (Phi) is 4.80. The summed E-state index contributed by atoms with van der Waals surface area (Å²) in [6.45, 7) is 3.95. The summed E-state index contributed by atoms with van der Waals surface area (Å²) >= 11 is 0. The van der Waals surface area contributed by atoms with Gasteiger partial charge in [-0.15, -0.1) is 0 Å². The molecule has 0 spiro atoms. The lowest BCUT2D eigenvalue weighted by atomic mass is 10.0. The number of nitrogens with zero attached hydrogens (tertiary/aromatic N) is 1. The number of carbonyl (C=O) groups is 2. The molecule has 0 radical (unpaired) electrons. The van der Waals surface area contributed by atoms with Crippen molar-refractivity contribution in [2.45, 2.75) is 13.8 Å². The van der Waals surface area contributed by atoms with E-state index in [9.17, 15) is 9.59 Å². The first-order chi connectivity index (χ1) is 14.0. The second kappa shape index (κ2) is 7.43. The summed E-state index contributed by atoms with van der Waals surface area (Å²) in [7, 11) is 1.92. The van der Waals surface area contributed by atoms with Crippen molar-refractivity contribution in [1.29, 1.82) is 0 Å². The van der Waals surface area contributed by atoms with E-state index in [2.05, 4.69) is 0 Å². The van der Waals surface area contributed by atoms with Gasteiger partial charge in [0.05, 0.1) is 23.3 Å². The fourth-order valence-electron chi connectivity index (χ4n) is 3.69. The molecular weight excluding hydrogens is 366 g/mol. The van der Waals surface area contributed by atoms with E-state index in [1.54, 1.807) is 37.3 Å². The Labute approximate surface area is 168 Å². The fourth-order valence-corrected chi connectivity index (χ4v) is 3.69. The maximum atomic E-state index is 12.7. The molecule has 0 aliphatic heterocycles. The molecule has 0 unspecified atom stereocenters. The summed E-state index contributed by atoms with van der Waals surface area (Å²) in [5.74, 6) is -0.412. The third kappa shape index (κ3) is 3.14. The van der Waals surface area contributed by atoms with Crippen LogP contribution in [0.5, 0.6) is 5.75 Å². The maximum Gasteiger partial charge on any atom is 0.343 e. The number of aryl methyl sites for hydroxylation is 1. The van der Waals surface area contributed by atoms with Crippen LogP contribution in [0.3, 0.4) is 0 Å². The summed E-state index contributed by atoms with van der Waals surface area (Å²) in [6.07, 6.45) is 0. The molecule has 29 heavy (non-hydrogen) atoms. The second-order valence-electron chi connectivity index (χ2n) is 6.81. The molecule has 0 aliphatic rings. The van der Waals surface area contributed by atoms with Crippen LogP contribution in [0.25, 0.3) is 21.7 Å². The number of carbonyl (C=O) groups excluding carboxylic acids is 2. The van der Waals surface area contributed by atoms with Gasteiger partial charge in [-0.25, -0.2) is 9.59 Å². The third-order valence-electron chi connectivity index (χ3n) is 5.14. The normalized spacial score (nSPS) is 11.0. The van der Waals surface area contributed by atoms with Crippen molar-refractivity contribution < 1.29 is 19.1 Å². The van der Waals surface area contributed by atoms with Crippen LogP contribution in [0, 0.1) is 6.92 Å². The van der Waals surface area contributed by atoms with Crippen LogP contribution in [0.2, 0.25) is 0 Å². The highest BCUT2D eigenvalue weighted by Crippen LogP contribution is 2.38. The van der Waals surface area contributed by atoms with Crippen LogP contribution in [0.15, 0.2) is 60.7 Å². The van der Waals surface area contributed by atoms with E-state index in [1.807, 2.05) is 48.9 Å². The molecule has 4 rings (SSSR count). The predicted octanol–water partition coefficient (Wildman–Crippen LogP) is 5.04. The SMILES string of the molecule is CCOC(=O)c1c(C)n(C)c2c1cc(OC(=O)c1ccccc1)c1ccccc12. The first-order valence-electron chi connectivity index (χ1n) is 9.48. The minimum absolute atomic E-state index is 0.290. The van der Waals surface area contributed by atoms with Gasteiger partial charge in [0.25, 0.3) is 0 Å². The second-order valence-corrected chi connectivity index (χ2v) is 6.81. The van der Waals surface area contributed by atoms with E-state index in [-0.39, 0.29) is 12.6 Å². The Balaban J connectivity index is 1.95. The van der Waals surface area contributed by atoms with Gasteiger partial charge in [-0.2, -0.15) is 0 Å². The van der Waals surface area contributed by atoms with Crippen molar-refractivity contribution in [3.05, 3.63) is 77.5 Å². The summed E-state index contributed by atoms with van der Waals surface area (Å²) in [4.78, 5) is 25.3. The Bertz CT molecular complexity index is 1240. The highest BCUT2D eigenvalue weighted by molar-refractivity contribution is 6.16. The number of hydrogen-bond acceptors (Lipinski definition) is 4. The lowest BCUT2D eigenvalue weighted by Crippen LogP contribution is -2.09. The first-order valence-corrected chi connectivity index (χ1v) is 9.48. The molecule has 0 saturated heterocycles. The zero-order valence-corrected chi connectivity index (χ0v) is 16.6. The smallest absolute Gasteiger partial charge is 0.343 e. The van der Waals surface area contributed by atoms with Gasteiger partial charge in [-0.1, -0.05) is 42.5 Å². The molecule has 3 aromatic carbocycles. The number of esters is 2. The molecule has 0 amide bonds. The molecule has 5 heteroatoms. The zero-order valence-electron chi connectivity index (χ0n) is 16.6. The van der Waals surface area contributed by atoms with Crippen molar-refractivity contribution in [3.63, 3.8) is 0 Å². The summed E-state index contributed by atoms with van der Waals surface area (Å²) in [5.41, 5.74) is 2.66. The quantitative estimate of drug-likeness (QED) is 0.364. The number of hydrogen-bond donors (Lipinski definition) is 0. The van der Waals surface area contributed by atoms with Crippen LogP contribution < -0.4 is 4.74 Å². The molecule has 0 aliphatic carbocycles. The largest absolute Gasteiger partial charge is 0.462 e. The predicted molar refractivity (Wildman–Crippen MR) is 113 cm³/mol. The molecule has 0 saturated carbocycles. The van der Waals surface area contributed by atoms with Gasteiger partial charge < -0.3 is 14.0 Å². The van der Waals surface area contributed by atoms with Crippen LogP contribution in [-0.2, 0) is 11.8 Å². The van der Waals surface area contributed by atoms with E-state index in [0.717, 1.165) is 22.0 Å². The molecule has 0 fully saturated rings. The van der Waals surface area contributed by atoms with E-state index in [1.165, 1.54) is 0 Å². The molecule has 1 heterocycles. The lowest BCUT2D eigenvalue weighted by molar-refractivity contribution is 0.0527. The Hall–Kier alpha value is -3.60. The average Bonchev–Trinajstić information content (AvgIpc) is 2.99. The van der Waals surface area contributed by atoms with Gasteiger partial charge in [0.2, 0.25) is 0 Å². The van der Waals surface area contributed by atoms with Crippen molar-refractivity contribution in [3.8, 4) is 5.75 Å². The van der Waals surface area contributed by atoms with Gasteiger partial charge in [0.1, 0.15) is 5.75 Å². The molecule has 4 aromatic rings. The Morgan fingerprint density at radius 1 is 0.897 bits per heavy atom. The van der Waals surface area contributed by atoms with Crippen LogP contribution in [0.1, 0.15) is 33.3 Å². The van der Waals surface area contributed by atoms with Crippen LogP contribution in [0.4, 0.5) is 0 Å². The maximum absolute atomic E-state index is 12.7. The molecule has 0 atom stereocenters. The average molecular weight is 387 g/mol. The minimum atomic E-state index is -0.444. The fraction of sp³-hybridized carbons (Fsp3) is 0.167. The number of fused-ring (bicyclic) bond motifs is 3. The van der Waals surface area contributed by atoms with Crippen molar-refractivity contribution in [2.75, 3.05) is 6.61 Å². The van der Waals surface area contributed by atoms with Gasteiger partial charge in [0.15, 0.2) is 0 Å². The molecule has 146 valence electrons. The van der Waals surface area contributed by atoms with Crippen molar-refractivity contribution >= 4 is 33.6 Å². The number of rotatable bonds is 4. The van der Waals surface area contributed by atoms with Gasteiger partial charge >= 0.3 is 11.9 Å². The highest BCUT2D eigenvalue weighted by atomic mass is 16.5. The highest BCUT2D eigenvalue weighted by Gasteiger charge is 2.23. The van der Waals surface area contributed by atoms with Crippen LogP contribution >= 0.6 is 0 Å². The monoisotopic (exact) mass is 387 g/mol. The summed E-state index contributed by atoms with van der Waals surface area (Å²) < 4.78 is 13.0. The topological polar surface area (TPSA) is 57.5 Å². The van der Waals surface area contributed by atoms with Gasteiger partial charge in [-0.3, -0.25) is 0 Å². The standard InChI is InChI=1S/C24H21NO4/c1-4-28-24(27)21-15(2)25(3)22-18-13-9-8-12-17(18)20(14-19(21)22)29-23(26)16-10-6-5-7-11-16/h5-14H,4H2,1-3H3.